The largest absolute Gasteiger partial charge is 0.341 e. The number of carbonyl (C=O) groups is 3. The first-order valence-corrected chi connectivity index (χ1v) is 12.4. The van der Waals surface area contributed by atoms with Crippen molar-refractivity contribution in [1.82, 2.24) is 14.4 Å². The maximum Gasteiger partial charge on any atom is 0.294 e. The van der Waals surface area contributed by atoms with Crippen LogP contribution in [-0.2, 0) is 9.59 Å². The lowest BCUT2D eigenvalue weighted by Crippen LogP contribution is -2.42. The summed E-state index contributed by atoms with van der Waals surface area (Å²) in [5.41, 5.74) is 6.50. The van der Waals surface area contributed by atoms with E-state index in [-0.39, 0.29) is 23.6 Å². The molecule has 1 aromatic heterocycles. The third kappa shape index (κ3) is 4.64. The predicted molar refractivity (Wildman–Crippen MR) is 132 cm³/mol. The lowest BCUT2D eigenvalue weighted by atomic mass is 10.1. The third-order valence-corrected chi connectivity index (χ3v) is 7.61. The summed E-state index contributed by atoms with van der Waals surface area (Å²) in [7, 11) is 0. The molecule has 0 atom stereocenters. The van der Waals surface area contributed by atoms with Crippen molar-refractivity contribution in [2.24, 2.45) is 0 Å². The summed E-state index contributed by atoms with van der Waals surface area (Å²) >= 11 is 0.913. The van der Waals surface area contributed by atoms with Gasteiger partial charge in [-0.2, -0.15) is 0 Å². The molecule has 174 valence electrons. The van der Waals surface area contributed by atoms with Crippen LogP contribution in [-0.4, -0.2) is 51.1 Å². The highest BCUT2D eigenvalue weighted by Gasteiger charge is 2.37. The Bertz CT molecular complexity index is 1140. The van der Waals surface area contributed by atoms with Crippen LogP contribution in [0.15, 0.2) is 29.2 Å². The molecule has 33 heavy (non-hydrogen) atoms. The van der Waals surface area contributed by atoms with E-state index in [0.717, 1.165) is 65.0 Å². The highest BCUT2D eigenvalue weighted by molar-refractivity contribution is 8.18. The summed E-state index contributed by atoms with van der Waals surface area (Å²) in [5.74, 6) is -0.529. The van der Waals surface area contributed by atoms with Crippen molar-refractivity contribution < 1.29 is 14.4 Å². The SMILES string of the molecule is Cc1cccc(-n2c(C)cc(C=C3SC(=O)N(CC(=O)N4CCCCCC4)C3=O)c2C)c1C. The molecule has 0 radical (unpaired) electrons. The Morgan fingerprint density at radius 3 is 2.42 bits per heavy atom. The van der Waals surface area contributed by atoms with Crippen LogP contribution in [0.4, 0.5) is 4.79 Å². The van der Waals surface area contributed by atoms with Gasteiger partial charge in [0.1, 0.15) is 6.54 Å². The molecule has 1 aromatic carbocycles. The molecule has 4 rings (SSSR count). The van der Waals surface area contributed by atoms with E-state index < -0.39 is 0 Å². The topological polar surface area (TPSA) is 62.6 Å². The van der Waals surface area contributed by atoms with Crippen molar-refractivity contribution in [1.29, 1.82) is 0 Å². The fourth-order valence-electron chi connectivity index (χ4n) is 4.62. The van der Waals surface area contributed by atoms with Gasteiger partial charge in [0, 0.05) is 30.2 Å². The number of benzene rings is 1. The van der Waals surface area contributed by atoms with E-state index in [2.05, 4.69) is 30.5 Å². The van der Waals surface area contributed by atoms with Gasteiger partial charge in [0.05, 0.1) is 4.91 Å². The smallest absolute Gasteiger partial charge is 0.294 e. The Hall–Kier alpha value is -2.80. The molecule has 2 saturated heterocycles. The minimum atomic E-state index is -0.385. The second-order valence-corrected chi connectivity index (χ2v) is 9.94. The molecule has 3 heterocycles. The van der Waals surface area contributed by atoms with Crippen LogP contribution in [0.25, 0.3) is 11.8 Å². The van der Waals surface area contributed by atoms with Gasteiger partial charge in [-0.25, -0.2) is 0 Å². The molecule has 6 nitrogen and oxygen atoms in total. The van der Waals surface area contributed by atoms with Gasteiger partial charge in [0.2, 0.25) is 5.91 Å². The van der Waals surface area contributed by atoms with E-state index >= 15 is 0 Å². The number of carbonyl (C=O) groups excluding carboxylic acids is 3. The summed E-state index contributed by atoms with van der Waals surface area (Å²) in [6.07, 6.45) is 5.97. The summed E-state index contributed by atoms with van der Waals surface area (Å²) < 4.78 is 2.18. The van der Waals surface area contributed by atoms with Gasteiger partial charge in [-0.05, 0) is 87.2 Å². The normalized spacial score (nSPS) is 18.4. The lowest BCUT2D eigenvalue weighted by molar-refractivity contribution is -0.135. The molecule has 0 bridgehead atoms. The number of hydrogen-bond acceptors (Lipinski definition) is 4. The van der Waals surface area contributed by atoms with Gasteiger partial charge < -0.3 is 9.47 Å². The molecule has 3 amide bonds. The molecular weight excluding hydrogens is 434 g/mol. The zero-order valence-electron chi connectivity index (χ0n) is 19.8. The van der Waals surface area contributed by atoms with Crippen molar-refractivity contribution in [3.8, 4) is 5.69 Å². The second-order valence-electron chi connectivity index (χ2n) is 8.94. The zero-order chi connectivity index (χ0) is 23.7. The molecule has 0 spiro atoms. The zero-order valence-corrected chi connectivity index (χ0v) is 20.6. The average Bonchev–Trinajstić information content (AvgIpc) is 3.07. The van der Waals surface area contributed by atoms with Crippen LogP contribution in [0, 0.1) is 27.7 Å². The molecule has 0 N–H and O–H groups in total. The van der Waals surface area contributed by atoms with E-state index in [9.17, 15) is 14.4 Å². The minimum Gasteiger partial charge on any atom is -0.341 e. The van der Waals surface area contributed by atoms with Crippen LogP contribution >= 0.6 is 11.8 Å². The van der Waals surface area contributed by atoms with Gasteiger partial charge in [0.25, 0.3) is 11.1 Å². The number of rotatable bonds is 4. The average molecular weight is 466 g/mol. The van der Waals surface area contributed by atoms with Gasteiger partial charge in [-0.15, -0.1) is 0 Å². The Kier molecular flexibility index (Phi) is 6.79. The molecule has 2 aliphatic heterocycles. The lowest BCUT2D eigenvalue weighted by Gasteiger charge is -2.22. The van der Waals surface area contributed by atoms with Crippen molar-refractivity contribution in [2.75, 3.05) is 19.6 Å². The fourth-order valence-corrected chi connectivity index (χ4v) is 5.44. The van der Waals surface area contributed by atoms with E-state index in [1.54, 1.807) is 11.0 Å². The molecule has 0 saturated carbocycles. The van der Waals surface area contributed by atoms with Crippen LogP contribution in [0.3, 0.4) is 0 Å². The number of hydrogen-bond donors (Lipinski definition) is 0. The van der Waals surface area contributed by atoms with Gasteiger partial charge >= 0.3 is 0 Å². The number of aromatic nitrogens is 1. The van der Waals surface area contributed by atoms with Crippen LogP contribution in [0.2, 0.25) is 0 Å². The first-order valence-electron chi connectivity index (χ1n) is 11.6. The minimum absolute atomic E-state index is 0.145. The second kappa shape index (κ2) is 9.59. The number of likely N-dealkylation sites (tertiary alicyclic amines) is 1. The summed E-state index contributed by atoms with van der Waals surface area (Å²) in [6, 6.07) is 8.27. The monoisotopic (exact) mass is 465 g/mol. The number of amides is 3. The van der Waals surface area contributed by atoms with E-state index in [1.807, 2.05) is 26.0 Å². The van der Waals surface area contributed by atoms with E-state index in [4.69, 9.17) is 0 Å². The first-order chi connectivity index (χ1) is 15.8. The summed E-state index contributed by atoms with van der Waals surface area (Å²) in [6.45, 7) is 9.49. The standard InChI is InChI=1S/C26H31N3O3S/c1-17-10-9-11-22(19(17)3)29-18(2)14-21(20(29)4)15-23-25(31)28(26(32)33-23)16-24(30)27-12-7-5-6-8-13-27/h9-11,14-15H,5-8,12-13,16H2,1-4H3. The van der Waals surface area contributed by atoms with Crippen molar-refractivity contribution in [3.63, 3.8) is 0 Å². The number of nitrogens with zero attached hydrogens (tertiary/aromatic N) is 3. The quantitative estimate of drug-likeness (QED) is 0.586. The highest BCUT2D eigenvalue weighted by Crippen LogP contribution is 2.34. The van der Waals surface area contributed by atoms with E-state index in [1.165, 1.54) is 11.1 Å². The Balaban J connectivity index is 1.57. The molecule has 0 aliphatic carbocycles. The van der Waals surface area contributed by atoms with Crippen LogP contribution < -0.4 is 0 Å². The van der Waals surface area contributed by atoms with Gasteiger partial charge in [-0.1, -0.05) is 25.0 Å². The molecule has 7 heteroatoms. The molecular formula is C26H31N3O3S. The first kappa shape index (κ1) is 23.4. The molecule has 2 aromatic rings. The van der Waals surface area contributed by atoms with Gasteiger partial charge in [-0.3, -0.25) is 19.3 Å². The van der Waals surface area contributed by atoms with Gasteiger partial charge in [0.15, 0.2) is 0 Å². The highest BCUT2D eigenvalue weighted by atomic mass is 32.2. The van der Waals surface area contributed by atoms with Crippen LogP contribution in [0.5, 0.6) is 0 Å². The van der Waals surface area contributed by atoms with Crippen molar-refractivity contribution >= 4 is 34.9 Å². The third-order valence-electron chi connectivity index (χ3n) is 6.70. The van der Waals surface area contributed by atoms with Crippen molar-refractivity contribution in [2.45, 2.75) is 53.4 Å². The molecule has 0 unspecified atom stereocenters. The summed E-state index contributed by atoms with van der Waals surface area (Å²) in [4.78, 5) is 41.6. The number of imide groups is 1. The summed E-state index contributed by atoms with van der Waals surface area (Å²) in [5, 5.41) is -0.377. The van der Waals surface area contributed by atoms with E-state index in [0.29, 0.717) is 18.0 Å². The maximum atomic E-state index is 13.0. The predicted octanol–water partition coefficient (Wildman–Crippen LogP) is 5.15. The maximum absolute atomic E-state index is 13.0. The number of thioether (sulfide) groups is 1. The molecule has 2 fully saturated rings. The van der Waals surface area contributed by atoms with Crippen LogP contribution in [0.1, 0.15) is 53.8 Å². The molecule has 2 aliphatic rings. The Morgan fingerprint density at radius 1 is 1.03 bits per heavy atom. The Morgan fingerprint density at radius 2 is 1.73 bits per heavy atom. The number of aryl methyl sites for hydroxylation is 2. The van der Waals surface area contributed by atoms with Crippen molar-refractivity contribution in [3.05, 3.63) is 57.2 Å². The Labute approximate surface area is 199 Å². The fraction of sp³-hybridized carbons (Fsp3) is 0.423.